The average molecular weight is 307 g/mol. The molecule has 4 rings (SSSR count). The fourth-order valence-corrected chi connectivity index (χ4v) is 3.81. The highest BCUT2D eigenvalue weighted by atomic mass is 16.3. The second kappa shape index (κ2) is 5.93. The van der Waals surface area contributed by atoms with E-state index in [9.17, 15) is 10.2 Å². The highest BCUT2D eigenvalue weighted by Gasteiger charge is 2.31. The summed E-state index contributed by atoms with van der Waals surface area (Å²) >= 11 is 0. The first kappa shape index (κ1) is 14.6. The molecule has 0 saturated carbocycles. The lowest BCUT2D eigenvalue weighted by molar-refractivity contribution is 0.0176. The first-order chi connectivity index (χ1) is 11.3. The number of nitrogens with one attached hydrogen (secondary N) is 1. The van der Waals surface area contributed by atoms with Gasteiger partial charge in [0.25, 0.3) is 0 Å². The molecule has 0 aromatic heterocycles. The Morgan fingerprint density at radius 3 is 1.74 bits per heavy atom. The predicted octanol–water partition coefficient (Wildman–Crippen LogP) is 2.95. The summed E-state index contributed by atoms with van der Waals surface area (Å²) in [7, 11) is 0. The minimum atomic E-state index is -0.896. The summed E-state index contributed by atoms with van der Waals surface area (Å²) < 4.78 is 0. The predicted molar refractivity (Wildman–Crippen MR) is 90.9 cm³/mol. The SMILES string of the molecule is O[C@@H]1c2ccccc2C(=C2CCNCC2)c2ccccc2[C@@H]1O. The summed E-state index contributed by atoms with van der Waals surface area (Å²) in [5.41, 5.74) is 6.36. The lowest BCUT2D eigenvalue weighted by Gasteiger charge is -2.22. The first-order valence-corrected chi connectivity index (χ1v) is 8.25. The molecular formula is C20H21NO2. The van der Waals surface area contributed by atoms with Crippen LogP contribution < -0.4 is 5.32 Å². The van der Waals surface area contributed by atoms with E-state index in [0.717, 1.165) is 48.2 Å². The maximum atomic E-state index is 10.7. The minimum absolute atomic E-state index is 0.817. The summed E-state index contributed by atoms with van der Waals surface area (Å²) in [6.07, 6.45) is 0.216. The molecule has 23 heavy (non-hydrogen) atoms. The van der Waals surface area contributed by atoms with Crippen molar-refractivity contribution in [1.29, 1.82) is 0 Å². The van der Waals surface area contributed by atoms with Gasteiger partial charge in [-0.2, -0.15) is 0 Å². The van der Waals surface area contributed by atoms with Crippen LogP contribution in [0.15, 0.2) is 54.1 Å². The van der Waals surface area contributed by atoms with Gasteiger partial charge in [0.2, 0.25) is 0 Å². The van der Waals surface area contributed by atoms with Gasteiger partial charge in [-0.15, -0.1) is 0 Å². The molecule has 3 N–H and O–H groups in total. The Kier molecular flexibility index (Phi) is 3.77. The highest BCUT2D eigenvalue weighted by molar-refractivity contribution is 5.86. The molecule has 0 amide bonds. The number of aliphatic hydroxyl groups is 2. The van der Waals surface area contributed by atoms with Gasteiger partial charge < -0.3 is 15.5 Å². The van der Waals surface area contributed by atoms with Gasteiger partial charge in [0.05, 0.1) is 0 Å². The summed E-state index contributed by atoms with van der Waals surface area (Å²) in [5, 5.41) is 24.8. The maximum absolute atomic E-state index is 10.7. The third-order valence-corrected chi connectivity index (χ3v) is 4.96. The van der Waals surface area contributed by atoms with Gasteiger partial charge in [0.15, 0.2) is 0 Å². The highest BCUT2D eigenvalue weighted by Crippen LogP contribution is 2.44. The average Bonchev–Trinajstić information content (AvgIpc) is 2.71. The molecule has 1 aliphatic heterocycles. The number of fused-ring (bicyclic) bond motifs is 2. The quantitative estimate of drug-likeness (QED) is 0.701. The maximum Gasteiger partial charge on any atom is 0.110 e. The summed E-state index contributed by atoms with van der Waals surface area (Å²) in [6.45, 7) is 1.96. The van der Waals surface area contributed by atoms with Crippen LogP contribution >= 0.6 is 0 Å². The van der Waals surface area contributed by atoms with Crippen molar-refractivity contribution in [3.05, 3.63) is 76.4 Å². The van der Waals surface area contributed by atoms with Gasteiger partial charge in [-0.3, -0.25) is 0 Å². The van der Waals surface area contributed by atoms with Gasteiger partial charge in [0.1, 0.15) is 12.2 Å². The smallest absolute Gasteiger partial charge is 0.110 e. The molecule has 1 fully saturated rings. The molecule has 0 unspecified atom stereocenters. The van der Waals surface area contributed by atoms with Crippen molar-refractivity contribution >= 4 is 5.57 Å². The molecule has 3 nitrogen and oxygen atoms in total. The largest absolute Gasteiger partial charge is 0.385 e. The molecule has 0 radical (unpaired) electrons. The standard InChI is InChI=1S/C20H21NO2/c22-19-16-7-3-1-5-14(16)18(13-9-11-21-12-10-13)15-6-2-4-8-17(15)20(19)23/h1-8,19-23H,9-12H2/t19-,20+. The molecular weight excluding hydrogens is 286 g/mol. The molecule has 2 aliphatic rings. The third kappa shape index (κ3) is 2.41. The zero-order chi connectivity index (χ0) is 15.8. The molecule has 1 heterocycles. The van der Waals surface area contributed by atoms with Gasteiger partial charge in [-0.1, -0.05) is 54.1 Å². The second-order valence-corrected chi connectivity index (χ2v) is 6.29. The Morgan fingerprint density at radius 1 is 0.739 bits per heavy atom. The lowest BCUT2D eigenvalue weighted by atomic mass is 9.86. The minimum Gasteiger partial charge on any atom is -0.385 e. The third-order valence-electron chi connectivity index (χ3n) is 4.96. The molecule has 1 aliphatic carbocycles. The van der Waals surface area contributed by atoms with Crippen LogP contribution in [0.1, 0.15) is 47.3 Å². The van der Waals surface area contributed by atoms with Crippen LogP contribution in [0.5, 0.6) is 0 Å². The fourth-order valence-electron chi connectivity index (χ4n) is 3.81. The van der Waals surface area contributed by atoms with Crippen LogP contribution in [0.25, 0.3) is 5.57 Å². The Bertz CT molecular complexity index is 704. The van der Waals surface area contributed by atoms with Gasteiger partial charge in [0, 0.05) is 0 Å². The zero-order valence-corrected chi connectivity index (χ0v) is 13.0. The van der Waals surface area contributed by atoms with E-state index in [-0.39, 0.29) is 0 Å². The van der Waals surface area contributed by atoms with E-state index in [0.29, 0.717) is 0 Å². The van der Waals surface area contributed by atoms with E-state index in [1.807, 2.05) is 36.4 Å². The second-order valence-electron chi connectivity index (χ2n) is 6.29. The normalized spacial score (nSPS) is 23.9. The number of aliphatic hydroxyl groups excluding tert-OH is 2. The molecule has 3 heteroatoms. The first-order valence-electron chi connectivity index (χ1n) is 8.25. The summed E-state index contributed by atoms with van der Waals surface area (Å²) in [5.74, 6) is 0. The molecule has 0 bridgehead atoms. The van der Waals surface area contributed by atoms with Crippen molar-refractivity contribution in [2.24, 2.45) is 0 Å². The Balaban J connectivity index is 2.04. The summed E-state index contributed by atoms with van der Waals surface area (Å²) in [6, 6.07) is 15.9. The number of benzene rings is 2. The van der Waals surface area contributed by atoms with Crippen molar-refractivity contribution in [3.8, 4) is 0 Å². The molecule has 2 aromatic rings. The van der Waals surface area contributed by atoms with Crippen LogP contribution in [-0.2, 0) is 0 Å². The number of hydrogen-bond donors (Lipinski definition) is 3. The van der Waals surface area contributed by atoms with Crippen LogP contribution in [0.3, 0.4) is 0 Å². The molecule has 0 spiro atoms. The van der Waals surface area contributed by atoms with Gasteiger partial charge >= 0.3 is 0 Å². The van der Waals surface area contributed by atoms with Crippen molar-refractivity contribution < 1.29 is 10.2 Å². The van der Waals surface area contributed by atoms with E-state index < -0.39 is 12.2 Å². The van der Waals surface area contributed by atoms with E-state index >= 15 is 0 Å². The molecule has 1 saturated heterocycles. The summed E-state index contributed by atoms with van der Waals surface area (Å²) in [4.78, 5) is 0. The number of hydrogen-bond acceptors (Lipinski definition) is 3. The van der Waals surface area contributed by atoms with Crippen molar-refractivity contribution in [2.45, 2.75) is 25.0 Å². The van der Waals surface area contributed by atoms with Crippen LogP contribution in [0.4, 0.5) is 0 Å². The zero-order valence-electron chi connectivity index (χ0n) is 13.0. The Hall–Kier alpha value is -1.94. The van der Waals surface area contributed by atoms with E-state index in [4.69, 9.17) is 0 Å². The van der Waals surface area contributed by atoms with E-state index in [1.54, 1.807) is 0 Å². The topological polar surface area (TPSA) is 52.5 Å². The molecule has 2 atom stereocenters. The van der Waals surface area contributed by atoms with Crippen molar-refractivity contribution in [1.82, 2.24) is 5.32 Å². The van der Waals surface area contributed by atoms with Crippen LogP contribution in [0.2, 0.25) is 0 Å². The van der Waals surface area contributed by atoms with Crippen LogP contribution in [0, 0.1) is 0 Å². The molecule has 2 aromatic carbocycles. The van der Waals surface area contributed by atoms with Crippen molar-refractivity contribution in [2.75, 3.05) is 13.1 Å². The monoisotopic (exact) mass is 307 g/mol. The van der Waals surface area contributed by atoms with Crippen LogP contribution in [-0.4, -0.2) is 23.3 Å². The number of piperidine rings is 1. The number of rotatable bonds is 0. The lowest BCUT2D eigenvalue weighted by Crippen LogP contribution is -2.24. The Morgan fingerprint density at radius 2 is 1.22 bits per heavy atom. The van der Waals surface area contributed by atoms with Crippen molar-refractivity contribution in [3.63, 3.8) is 0 Å². The Labute approximate surface area is 136 Å². The fraction of sp³-hybridized carbons (Fsp3) is 0.300. The van der Waals surface area contributed by atoms with Gasteiger partial charge in [-0.25, -0.2) is 0 Å². The van der Waals surface area contributed by atoms with E-state index in [2.05, 4.69) is 17.4 Å². The van der Waals surface area contributed by atoms with E-state index in [1.165, 1.54) is 11.1 Å². The van der Waals surface area contributed by atoms with Gasteiger partial charge in [-0.05, 0) is 53.8 Å². The molecule has 118 valence electrons.